The lowest BCUT2D eigenvalue weighted by Crippen LogP contribution is -2.33. The van der Waals surface area contributed by atoms with E-state index in [0.29, 0.717) is 23.7 Å². The number of hydrogen-bond donors (Lipinski definition) is 2. The molecule has 2 heterocycles. The maximum absolute atomic E-state index is 12.3. The number of carbonyl (C=O) groups is 2. The minimum absolute atomic E-state index is 0.140. The van der Waals surface area contributed by atoms with Crippen molar-refractivity contribution in [3.05, 3.63) is 29.0 Å². The van der Waals surface area contributed by atoms with Gasteiger partial charge in [0.05, 0.1) is 5.02 Å². The molecule has 31 heavy (non-hydrogen) atoms. The summed E-state index contributed by atoms with van der Waals surface area (Å²) >= 11 is 6.44. The lowest BCUT2D eigenvalue weighted by molar-refractivity contribution is -0.116. The predicted octanol–water partition coefficient (Wildman–Crippen LogP) is 4.57. The summed E-state index contributed by atoms with van der Waals surface area (Å²) in [5, 5.41) is 14.8. The first-order valence-corrected chi connectivity index (χ1v) is 11.1. The molecule has 1 aliphatic rings. The van der Waals surface area contributed by atoms with Crippen molar-refractivity contribution in [1.29, 1.82) is 0 Å². The Labute approximate surface area is 187 Å². The second-order valence-electron chi connectivity index (χ2n) is 8.68. The van der Waals surface area contributed by atoms with Crippen molar-refractivity contribution >= 4 is 29.3 Å². The Balaban J connectivity index is 1.57. The molecule has 0 unspecified atom stereocenters. The Morgan fingerprint density at radius 3 is 2.77 bits per heavy atom. The van der Waals surface area contributed by atoms with Crippen LogP contribution in [0.3, 0.4) is 0 Å². The van der Waals surface area contributed by atoms with Crippen LogP contribution in [0.2, 0.25) is 5.02 Å². The summed E-state index contributed by atoms with van der Waals surface area (Å²) < 4.78 is 7.30. The zero-order chi connectivity index (χ0) is 22.4. The van der Waals surface area contributed by atoms with Crippen LogP contribution in [-0.2, 0) is 22.5 Å². The molecule has 2 N–H and O–H groups in total. The lowest BCUT2D eigenvalue weighted by Gasteiger charge is -2.19. The van der Waals surface area contributed by atoms with Crippen molar-refractivity contribution in [2.75, 3.05) is 11.9 Å². The number of benzene rings is 1. The molecular formula is C22H30ClN5O3. The number of rotatable bonds is 6. The van der Waals surface area contributed by atoms with Crippen LogP contribution in [0.5, 0.6) is 0 Å². The van der Waals surface area contributed by atoms with Gasteiger partial charge in [0.25, 0.3) is 0 Å². The summed E-state index contributed by atoms with van der Waals surface area (Å²) in [6.45, 7) is 6.64. The van der Waals surface area contributed by atoms with Gasteiger partial charge in [-0.05, 0) is 58.2 Å². The van der Waals surface area contributed by atoms with E-state index in [-0.39, 0.29) is 12.3 Å². The number of fused-ring (bicyclic) bond motifs is 1. The molecule has 0 atom stereocenters. The molecule has 8 nitrogen and oxygen atoms in total. The van der Waals surface area contributed by atoms with Crippen LogP contribution in [0.1, 0.15) is 58.7 Å². The molecule has 0 radical (unpaired) electrons. The number of amides is 2. The van der Waals surface area contributed by atoms with Crippen molar-refractivity contribution < 1.29 is 14.3 Å². The second-order valence-corrected chi connectivity index (χ2v) is 9.08. The fraction of sp³-hybridized carbons (Fsp3) is 0.545. The van der Waals surface area contributed by atoms with E-state index in [2.05, 4.69) is 25.4 Å². The van der Waals surface area contributed by atoms with Crippen LogP contribution in [0.25, 0.3) is 11.4 Å². The third-order valence-electron chi connectivity index (χ3n) is 4.85. The summed E-state index contributed by atoms with van der Waals surface area (Å²) in [5.74, 6) is 1.58. The van der Waals surface area contributed by atoms with Gasteiger partial charge in [-0.1, -0.05) is 18.0 Å². The molecule has 1 aromatic heterocycles. The van der Waals surface area contributed by atoms with Crippen LogP contribution in [0, 0.1) is 0 Å². The molecule has 9 heteroatoms. The van der Waals surface area contributed by atoms with E-state index in [1.54, 1.807) is 32.9 Å². The van der Waals surface area contributed by atoms with Crippen LogP contribution in [0.4, 0.5) is 10.5 Å². The first kappa shape index (κ1) is 23.1. The molecule has 1 aromatic carbocycles. The summed E-state index contributed by atoms with van der Waals surface area (Å²) in [7, 11) is 0. The molecule has 168 valence electrons. The number of anilines is 1. The first-order chi connectivity index (χ1) is 14.7. The van der Waals surface area contributed by atoms with Crippen molar-refractivity contribution in [3.8, 4) is 11.4 Å². The van der Waals surface area contributed by atoms with Gasteiger partial charge >= 0.3 is 6.09 Å². The van der Waals surface area contributed by atoms with E-state index in [1.807, 2.05) is 6.07 Å². The van der Waals surface area contributed by atoms with Gasteiger partial charge < -0.3 is 19.9 Å². The molecule has 1 aliphatic heterocycles. The van der Waals surface area contributed by atoms with Gasteiger partial charge in [0, 0.05) is 37.2 Å². The molecular weight excluding hydrogens is 418 g/mol. The van der Waals surface area contributed by atoms with Gasteiger partial charge in [-0.3, -0.25) is 4.79 Å². The minimum atomic E-state index is -0.545. The van der Waals surface area contributed by atoms with Crippen LogP contribution in [0.15, 0.2) is 18.2 Å². The van der Waals surface area contributed by atoms with E-state index in [1.165, 1.54) is 6.42 Å². The monoisotopic (exact) mass is 447 g/mol. The highest BCUT2D eigenvalue weighted by atomic mass is 35.5. The van der Waals surface area contributed by atoms with Gasteiger partial charge in [-0.15, -0.1) is 10.2 Å². The highest BCUT2D eigenvalue weighted by Gasteiger charge is 2.19. The van der Waals surface area contributed by atoms with Gasteiger partial charge in [-0.25, -0.2) is 4.79 Å². The molecule has 0 saturated carbocycles. The molecule has 3 rings (SSSR count). The molecule has 0 fully saturated rings. The SMILES string of the molecule is CC(C)(C)OC(=O)NCCCC(=O)Nc1ccc(Cl)c(-c2nnc3n2CCCCC3)c1. The van der Waals surface area contributed by atoms with Gasteiger partial charge in [-0.2, -0.15) is 0 Å². The highest BCUT2D eigenvalue weighted by molar-refractivity contribution is 6.33. The standard InChI is InChI=1S/C22H30ClN5O3/c1-22(2,3)31-21(30)24-12-7-9-19(29)25-15-10-11-17(23)16(14-15)20-27-26-18-8-5-4-6-13-28(18)20/h10-11,14H,4-9,12-13H2,1-3H3,(H,24,30)(H,25,29). The first-order valence-electron chi connectivity index (χ1n) is 10.7. The molecule has 0 aliphatic carbocycles. The number of halogens is 1. The normalized spacial score (nSPS) is 13.8. The van der Waals surface area contributed by atoms with E-state index < -0.39 is 11.7 Å². The van der Waals surface area contributed by atoms with Crippen molar-refractivity contribution in [2.45, 2.75) is 71.4 Å². The Bertz CT molecular complexity index is 936. The Morgan fingerprint density at radius 2 is 2.00 bits per heavy atom. The summed E-state index contributed by atoms with van der Waals surface area (Å²) in [6, 6.07) is 5.36. The average molecular weight is 448 g/mol. The summed E-state index contributed by atoms with van der Waals surface area (Å²) in [4.78, 5) is 24.0. The number of alkyl carbamates (subject to hydrolysis) is 1. The van der Waals surface area contributed by atoms with Crippen LogP contribution in [-0.4, -0.2) is 38.9 Å². The fourth-order valence-electron chi connectivity index (χ4n) is 3.44. The third-order valence-corrected chi connectivity index (χ3v) is 5.18. The number of carbonyl (C=O) groups excluding carboxylic acids is 2. The van der Waals surface area contributed by atoms with Gasteiger partial charge in [0.2, 0.25) is 5.91 Å². The predicted molar refractivity (Wildman–Crippen MR) is 120 cm³/mol. The Morgan fingerprint density at radius 1 is 1.19 bits per heavy atom. The maximum Gasteiger partial charge on any atom is 0.407 e. The van der Waals surface area contributed by atoms with Crippen molar-refractivity contribution in [1.82, 2.24) is 20.1 Å². The molecule has 2 aromatic rings. The second kappa shape index (κ2) is 10.1. The summed E-state index contributed by atoms with van der Waals surface area (Å²) in [5.41, 5.74) is 0.860. The number of aromatic nitrogens is 3. The van der Waals surface area contributed by atoms with Gasteiger partial charge in [0.1, 0.15) is 11.4 Å². The number of nitrogens with zero attached hydrogens (tertiary/aromatic N) is 3. The topological polar surface area (TPSA) is 98.1 Å². The highest BCUT2D eigenvalue weighted by Crippen LogP contribution is 2.31. The quantitative estimate of drug-likeness (QED) is 0.632. The zero-order valence-corrected chi connectivity index (χ0v) is 19.1. The third kappa shape index (κ3) is 6.69. The molecule has 0 bridgehead atoms. The molecule has 2 amide bonds. The van der Waals surface area contributed by atoms with E-state index in [0.717, 1.165) is 43.0 Å². The van der Waals surface area contributed by atoms with Crippen molar-refractivity contribution in [2.24, 2.45) is 0 Å². The Kier molecular flexibility index (Phi) is 7.54. The average Bonchev–Trinajstić information content (AvgIpc) is 2.93. The molecule has 0 spiro atoms. The molecule has 0 saturated heterocycles. The summed E-state index contributed by atoms with van der Waals surface area (Å²) in [6.07, 6.45) is 4.59. The number of ether oxygens (including phenoxy) is 1. The smallest absolute Gasteiger partial charge is 0.407 e. The van der Waals surface area contributed by atoms with E-state index in [4.69, 9.17) is 16.3 Å². The largest absolute Gasteiger partial charge is 0.444 e. The van der Waals surface area contributed by atoms with E-state index >= 15 is 0 Å². The van der Waals surface area contributed by atoms with E-state index in [9.17, 15) is 9.59 Å². The minimum Gasteiger partial charge on any atom is -0.444 e. The maximum atomic E-state index is 12.3. The lowest BCUT2D eigenvalue weighted by atomic mass is 10.1. The Hall–Kier alpha value is -2.61. The fourth-order valence-corrected chi connectivity index (χ4v) is 3.64. The number of aryl methyl sites for hydroxylation is 1. The van der Waals surface area contributed by atoms with Crippen LogP contribution < -0.4 is 10.6 Å². The van der Waals surface area contributed by atoms with Crippen LogP contribution >= 0.6 is 11.6 Å². The van der Waals surface area contributed by atoms with Gasteiger partial charge in [0.15, 0.2) is 5.82 Å². The van der Waals surface area contributed by atoms with Crippen molar-refractivity contribution in [3.63, 3.8) is 0 Å². The number of hydrogen-bond acceptors (Lipinski definition) is 5. The zero-order valence-electron chi connectivity index (χ0n) is 18.3. The number of nitrogens with one attached hydrogen (secondary N) is 2.